The molecular weight excluding hydrogens is 386 g/mol. The second-order valence-corrected chi connectivity index (χ2v) is 6.89. The van der Waals surface area contributed by atoms with Crippen molar-refractivity contribution in [3.05, 3.63) is 65.7 Å². The minimum absolute atomic E-state index is 0.0813. The van der Waals surface area contributed by atoms with Crippen LogP contribution in [0.25, 0.3) is 0 Å². The predicted octanol–water partition coefficient (Wildman–Crippen LogP) is 3.32. The molecule has 7 heteroatoms. The fourth-order valence-electron chi connectivity index (χ4n) is 3.04. The van der Waals surface area contributed by atoms with Crippen LogP contribution in [0.1, 0.15) is 30.6 Å². The standard InChI is InChI=1S/C23H25NO6/c1-2-21(26)29-19-10-8-17(9-11-19)16-20(25)22(18-6-4-3-5-7-18)30-23(27)24-12-14-28-15-13-24/h3-11,22H,2,12-16H2,1H3. The van der Waals surface area contributed by atoms with Gasteiger partial charge in [-0.3, -0.25) is 9.59 Å². The number of morpholine rings is 1. The first-order valence-corrected chi connectivity index (χ1v) is 9.97. The van der Waals surface area contributed by atoms with Crippen molar-refractivity contribution in [3.8, 4) is 5.75 Å². The summed E-state index contributed by atoms with van der Waals surface area (Å²) >= 11 is 0. The Kier molecular flexibility index (Phi) is 7.57. The van der Waals surface area contributed by atoms with Crippen LogP contribution in [0.2, 0.25) is 0 Å². The highest BCUT2D eigenvalue weighted by atomic mass is 16.6. The summed E-state index contributed by atoms with van der Waals surface area (Å²) in [5.74, 6) is -0.129. The number of Topliss-reactive ketones (excluding diaryl/α,β-unsaturated/α-hetero) is 1. The van der Waals surface area contributed by atoms with Gasteiger partial charge in [-0.05, 0) is 17.7 Å². The zero-order valence-corrected chi connectivity index (χ0v) is 16.9. The van der Waals surface area contributed by atoms with Gasteiger partial charge in [-0.2, -0.15) is 0 Å². The molecule has 0 aromatic heterocycles. The molecule has 1 saturated heterocycles. The molecule has 2 aromatic carbocycles. The van der Waals surface area contributed by atoms with Gasteiger partial charge >= 0.3 is 12.1 Å². The largest absolute Gasteiger partial charge is 0.433 e. The Morgan fingerprint density at radius 1 is 1.00 bits per heavy atom. The molecule has 1 unspecified atom stereocenters. The van der Waals surface area contributed by atoms with Crippen LogP contribution in [0.15, 0.2) is 54.6 Å². The Bertz CT molecular complexity index is 859. The number of ether oxygens (including phenoxy) is 3. The Labute approximate surface area is 175 Å². The van der Waals surface area contributed by atoms with Crippen molar-refractivity contribution in [2.24, 2.45) is 0 Å². The average Bonchev–Trinajstić information content (AvgIpc) is 2.79. The van der Waals surface area contributed by atoms with Crippen LogP contribution in [-0.4, -0.2) is 49.0 Å². The van der Waals surface area contributed by atoms with Crippen molar-refractivity contribution in [3.63, 3.8) is 0 Å². The molecule has 7 nitrogen and oxygen atoms in total. The molecule has 1 heterocycles. The minimum Gasteiger partial charge on any atom is -0.433 e. The predicted molar refractivity (Wildman–Crippen MR) is 109 cm³/mol. The van der Waals surface area contributed by atoms with Crippen molar-refractivity contribution >= 4 is 17.8 Å². The van der Waals surface area contributed by atoms with E-state index in [1.165, 1.54) is 0 Å². The second kappa shape index (κ2) is 10.5. The van der Waals surface area contributed by atoms with Crippen LogP contribution >= 0.6 is 0 Å². The summed E-state index contributed by atoms with van der Waals surface area (Å²) in [6, 6.07) is 15.7. The summed E-state index contributed by atoms with van der Waals surface area (Å²) in [4.78, 5) is 38.5. The molecule has 1 amide bonds. The van der Waals surface area contributed by atoms with E-state index in [9.17, 15) is 14.4 Å². The highest BCUT2D eigenvalue weighted by Crippen LogP contribution is 2.23. The van der Waals surface area contributed by atoms with E-state index < -0.39 is 12.2 Å². The van der Waals surface area contributed by atoms with Gasteiger partial charge in [-0.15, -0.1) is 0 Å². The number of carbonyl (C=O) groups is 3. The first-order valence-electron chi connectivity index (χ1n) is 9.97. The van der Waals surface area contributed by atoms with E-state index in [0.717, 1.165) is 5.56 Å². The lowest BCUT2D eigenvalue weighted by molar-refractivity contribution is -0.134. The molecule has 0 aliphatic carbocycles. The summed E-state index contributed by atoms with van der Waals surface area (Å²) in [5.41, 5.74) is 1.36. The van der Waals surface area contributed by atoms with Gasteiger partial charge in [0.05, 0.1) is 13.2 Å². The number of nitrogens with zero attached hydrogens (tertiary/aromatic N) is 1. The van der Waals surface area contributed by atoms with Crippen LogP contribution in [0.5, 0.6) is 5.75 Å². The zero-order valence-electron chi connectivity index (χ0n) is 16.9. The number of benzene rings is 2. The number of rotatable bonds is 7. The van der Waals surface area contributed by atoms with Gasteiger partial charge < -0.3 is 19.1 Å². The maximum absolute atomic E-state index is 13.0. The minimum atomic E-state index is -1.00. The molecule has 30 heavy (non-hydrogen) atoms. The van der Waals surface area contributed by atoms with Gasteiger partial charge in [0.1, 0.15) is 5.75 Å². The van der Waals surface area contributed by atoms with Crippen molar-refractivity contribution in [2.45, 2.75) is 25.9 Å². The van der Waals surface area contributed by atoms with Gasteiger partial charge in [0.2, 0.25) is 0 Å². The van der Waals surface area contributed by atoms with Crippen LogP contribution in [0.4, 0.5) is 4.79 Å². The quantitative estimate of drug-likeness (QED) is 0.514. The summed E-state index contributed by atoms with van der Waals surface area (Å²) in [6.45, 7) is 3.50. The average molecular weight is 411 g/mol. The monoisotopic (exact) mass is 411 g/mol. The molecule has 0 spiro atoms. The van der Waals surface area contributed by atoms with E-state index in [-0.39, 0.29) is 24.6 Å². The van der Waals surface area contributed by atoms with Gasteiger partial charge in [0, 0.05) is 31.5 Å². The first-order chi connectivity index (χ1) is 14.6. The molecule has 0 radical (unpaired) electrons. The van der Waals surface area contributed by atoms with Crippen LogP contribution in [0.3, 0.4) is 0 Å². The lowest BCUT2D eigenvalue weighted by Crippen LogP contribution is -2.42. The molecule has 0 bridgehead atoms. The zero-order chi connectivity index (χ0) is 21.3. The van der Waals surface area contributed by atoms with E-state index in [1.54, 1.807) is 60.4 Å². The third-order valence-corrected chi connectivity index (χ3v) is 4.70. The molecule has 2 aromatic rings. The summed E-state index contributed by atoms with van der Waals surface area (Å²) in [7, 11) is 0. The van der Waals surface area contributed by atoms with Crippen LogP contribution < -0.4 is 4.74 Å². The highest BCUT2D eigenvalue weighted by molar-refractivity contribution is 5.88. The molecule has 1 aliphatic rings. The van der Waals surface area contributed by atoms with E-state index in [0.29, 0.717) is 37.6 Å². The summed E-state index contributed by atoms with van der Waals surface area (Å²) < 4.78 is 16.0. The maximum Gasteiger partial charge on any atom is 0.410 e. The Hall–Kier alpha value is -3.19. The highest BCUT2D eigenvalue weighted by Gasteiger charge is 2.28. The Morgan fingerprint density at radius 2 is 1.67 bits per heavy atom. The maximum atomic E-state index is 13.0. The summed E-state index contributed by atoms with van der Waals surface area (Å²) in [5, 5.41) is 0. The summed E-state index contributed by atoms with van der Waals surface area (Å²) in [6.07, 6.45) is -1.16. The van der Waals surface area contributed by atoms with E-state index in [4.69, 9.17) is 14.2 Å². The van der Waals surface area contributed by atoms with Crippen LogP contribution in [-0.2, 0) is 25.5 Å². The third kappa shape index (κ3) is 5.90. The Balaban J connectivity index is 1.70. The molecule has 1 atom stereocenters. The molecule has 0 saturated carbocycles. The Morgan fingerprint density at radius 3 is 2.30 bits per heavy atom. The molecule has 3 rings (SSSR count). The fraction of sp³-hybridized carbons (Fsp3) is 0.348. The topological polar surface area (TPSA) is 82.1 Å². The SMILES string of the molecule is CCC(=O)Oc1ccc(CC(=O)C(OC(=O)N2CCOCC2)c2ccccc2)cc1. The number of hydrogen-bond acceptors (Lipinski definition) is 6. The molecule has 0 N–H and O–H groups in total. The van der Waals surface area contributed by atoms with Crippen LogP contribution in [0, 0.1) is 0 Å². The second-order valence-electron chi connectivity index (χ2n) is 6.89. The van der Waals surface area contributed by atoms with E-state index in [2.05, 4.69) is 0 Å². The first kappa shape index (κ1) is 21.5. The molecular formula is C23H25NO6. The number of esters is 1. The normalized spacial score (nSPS) is 14.6. The third-order valence-electron chi connectivity index (χ3n) is 4.70. The molecule has 1 aliphatic heterocycles. The lowest BCUT2D eigenvalue weighted by Gasteiger charge is -2.28. The van der Waals surface area contributed by atoms with Gasteiger partial charge in [-0.1, -0.05) is 49.4 Å². The number of ketones is 1. The fourth-order valence-corrected chi connectivity index (χ4v) is 3.04. The van der Waals surface area contributed by atoms with Crippen molar-refractivity contribution in [1.29, 1.82) is 0 Å². The van der Waals surface area contributed by atoms with E-state index in [1.807, 2.05) is 6.07 Å². The molecule has 1 fully saturated rings. The number of amides is 1. The number of hydrogen-bond donors (Lipinski definition) is 0. The smallest absolute Gasteiger partial charge is 0.410 e. The van der Waals surface area contributed by atoms with Crippen molar-refractivity contribution < 1.29 is 28.6 Å². The van der Waals surface area contributed by atoms with Gasteiger partial charge in [-0.25, -0.2) is 4.79 Å². The van der Waals surface area contributed by atoms with Crippen molar-refractivity contribution in [1.82, 2.24) is 4.90 Å². The van der Waals surface area contributed by atoms with Gasteiger partial charge in [0.25, 0.3) is 0 Å². The lowest BCUT2D eigenvalue weighted by atomic mass is 10.00. The number of carbonyl (C=O) groups excluding carboxylic acids is 3. The van der Waals surface area contributed by atoms with E-state index >= 15 is 0 Å². The van der Waals surface area contributed by atoms with Gasteiger partial charge in [0.15, 0.2) is 11.9 Å². The van der Waals surface area contributed by atoms with Crippen molar-refractivity contribution in [2.75, 3.05) is 26.3 Å². The molecule has 158 valence electrons.